The first-order valence-electron chi connectivity index (χ1n) is 6.02. The van der Waals surface area contributed by atoms with Crippen LogP contribution in [0.5, 0.6) is 0 Å². The summed E-state index contributed by atoms with van der Waals surface area (Å²) < 4.78 is 0.965. The Bertz CT molecular complexity index is 659. The molecule has 108 valence electrons. The molecule has 1 aromatic heterocycles. The van der Waals surface area contributed by atoms with Crippen LogP contribution in [0.3, 0.4) is 0 Å². The zero-order chi connectivity index (χ0) is 15.2. The Kier molecular flexibility index (Phi) is 4.89. The Hall–Kier alpha value is -2.41. The maximum Gasteiger partial charge on any atom is 0.337 e. The van der Waals surface area contributed by atoms with Crippen LogP contribution in [0.15, 0.2) is 47.2 Å². The minimum atomic E-state index is -1.10. The van der Waals surface area contributed by atoms with Gasteiger partial charge in [-0.3, -0.25) is 4.98 Å². The van der Waals surface area contributed by atoms with Crippen LogP contribution in [0.2, 0.25) is 0 Å². The summed E-state index contributed by atoms with van der Waals surface area (Å²) in [5, 5.41) is 14.1. The number of urea groups is 1. The van der Waals surface area contributed by atoms with Crippen molar-refractivity contribution in [2.75, 3.05) is 5.32 Å². The number of aromatic nitrogens is 1. The van der Waals surface area contributed by atoms with Gasteiger partial charge in [0.1, 0.15) is 0 Å². The van der Waals surface area contributed by atoms with Gasteiger partial charge in [-0.25, -0.2) is 9.59 Å². The normalized spacial score (nSPS) is 9.95. The largest absolute Gasteiger partial charge is 0.478 e. The van der Waals surface area contributed by atoms with E-state index >= 15 is 0 Å². The highest BCUT2D eigenvalue weighted by Crippen LogP contribution is 2.11. The third-order valence-electron chi connectivity index (χ3n) is 2.61. The molecule has 0 aliphatic carbocycles. The summed E-state index contributed by atoms with van der Waals surface area (Å²) in [5.41, 5.74) is 1.29. The molecule has 0 bridgehead atoms. The maximum absolute atomic E-state index is 11.7. The molecular weight excluding hydrogens is 338 g/mol. The van der Waals surface area contributed by atoms with Crippen LogP contribution >= 0.6 is 15.9 Å². The second-order valence-corrected chi connectivity index (χ2v) is 5.12. The Balaban J connectivity index is 1.91. The van der Waals surface area contributed by atoms with E-state index in [0.717, 1.165) is 10.0 Å². The molecule has 0 aliphatic heterocycles. The lowest BCUT2D eigenvalue weighted by Crippen LogP contribution is -2.28. The standard InChI is InChI=1S/C14H12BrN3O3/c15-11-3-1-9(2-4-11)6-17-14(21)18-12-5-10(13(19)20)7-16-8-12/h1-5,7-8H,6H2,(H,19,20)(H2,17,18,21). The van der Waals surface area contributed by atoms with E-state index in [2.05, 4.69) is 31.5 Å². The Labute approximate surface area is 129 Å². The average Bonchev–Trinajstić information content (AvgIpc) is 2.47. The van der Waals surface area contributed by atoms with Crippen LogP contribution in [-0.4, -0.2) is 22.1 Å². The lowest BCUT2D eigenvalue weighted by Gasteiger charge is -2.08. The van der Waals surface area contributed by atoms with Gasteiger partial charge >= 0.3 is 12.0 Å². The number of carboxylic acid groups (broad SMARTS) is 1. The molecule has 2 aromatic rings. The molecule has 21 heavy (non-hydrogen) atoms. The molecule has 0 fully saturated rings. The van der Waals surface area contributed by atoms with Crippen LogP contribution in [-0.2, 0) is 6.54 Å². The summed E-state index contributed by atoms with van der Waals surface area (Å²) in [5.74, 6) is -1.10. The van der Waals surface area contributed by atoms with Gasteiger partial charge in [-0.05, 0) is 23.8 Å². The van der Waals surface area contributed by atoms with Gasteiger partial charge in [-0.1, -0.05) is 28.1 Å². The zero-order valence-corrected chi connectivity index (χ0v) is 12.4. The van der Waals surface area contributed by atoms with Crippen molar-refractivity contribution in [3.8, 4) is 0 Å². The summed E-state index contributed by atoms with van der Waals surface area (Å²) in [6.07, 6.45) is 2.60. The van der Waals surface area contributed by atoms with Gasteiger partial charge in [0.15, 0.2) is 0 Å². The third-order valence-corrected chi connectivity index (χ3v) is 3.14. The lowest BCUT2D eigenvalue weighted by molar-refractivity contribution is 0.0696. The number of hydrogen-bond acceptors (Lipinski definition) is 3. The second kappa shape index (κ2) is 6.85. The van der Waals surface area contributed by atoms with Crippen molar-refractivity contribution < 1.29 is 14.7 Å². The first-order valence-corrected chi connectivity index (χ1v) is 6.81. The van der Waals surface area contributed by atoms with Gasteiger partial charge in [0, 0.05) is 17.2 Å². The predicted octanol–water partition coefficient (Wildman–Crippen LogP) is 2.86. The maximum atomic E-state index is 11.7. The van der Waals surface area contributed by atoms with E-state index in [9.17, 15) is 9.59 Å². The molecular formula is C14H12BrN3O3. The van der Waals surface area contributed by atoms with Crippen molar-refractivity contribution in [3.05, 3.63) is 58.3 Å². The number of nitrogens with zero attached hydrogens (tertiary/aromatic N) is 1. The lowest BCUT2D eigenvalue weighted by atomic mass is 10.2. The highest BCUT2D eigenvalue weighted by atomic mass is 79.9. The molecule has 2 rings (SSSR count). The van der Waals surface area contributed by atoms with Crippen molar-refractivity contribution >= 4 is 33.6 Å². The van der Waals surface area contributed by atoms with Crippen LogP contribution in [0, 0.1) is 0 Å². The quantitative estimate of drug-likeness (QED) is 0.791. The molecule has 0 saturated heterocycles. The first kappa shape index (κ1) is 15.0. The predicted molar refractivity (Wildman–Crippen MR) is 81.2 cm³/mol. The number of amides is 2. The van der Waals surface area contributed by atoms with Crippen molar-refractivity contribution in [1.82, 2.24) is 10.3 Å². The van der Waals surface area contributed by atoms with Crippen molar-refractivity contribution in [2.45, 2.75) is 6.54 Å². The molecule has 0 aliphatic rings. The number of rotatable bonds is 4. The number of nitrogens with one attached hydrogen (secondary N) is 2. The molecule has 1 heterocycles. The zero-order valence-electron chi connectivity index (χ0n) is 10.8. The van der Waals surface area contributed by atoms with E-state index in [1.165, 1.54) is 18.5 Å². The highest BCUT2D eigenvalue weighted by molar-refractivity contribution is 9.10. The number of anilines is 1. The number of hydrogen-bond donors (Lipinski definition) is 3. The molecule has 7 heteroatoms. The summed E-state index contributed by atoms with van der Waals surface area (Å²) >= 11 is 3.33. The number of benzene rings is 1. The second-order valence-electron chi connectivity index (χ2n) is 4.20. The highest BCUT2D eigenvalue weighted by Gasteiger charge is 2.06. The Morgan fingerprint density at radius 3 is 2.57 bits per heavy atom. The van der Waals surface area contributed by atoms with Gasteiger partial charge < -0.3 is 15.7 Å². The fraction of sp³-hybridized carbons (Fsp3) is 0.0714. The van der Waals surface area contributed by atoms with Gasteiger partial charge in [-0.15, -0.1) is 0 Å². The van der Waals surface area contributed by atoms with E-state index < -0.39 is 12.0 Å². The molecule has 0 radical (unpaired) electrons. The van der Waals surface area contributed by atoms with Crippen LogP contribution in [0.4, 0.5) is 10.5 Å². The Morgan fingerprint density at radius 1 is 1.19 bits per heavy atom. The smallest absolute Gasteiger partial charge is 0.337 e. The first-order chi connectivity index (χ1) is 10.0. The van der Waals surface area contributed by atoms with Crippen molar-refractivity contribution in [3.63, 3.8) is 0 Å². The number of pyridine rings is 1. The van der Waals surface area contributed by atoms with Gasteiger partial charge in [0.25, 0.3) is 0 Å². The number of carboxylic acids is 1. The number of halogens is 1. The minimum absolute atomic E-state index is 0.0145. The van der Waals surface area contributed by atoms with Gasteiger partial charge in [0.05, 0.1) is 17.4 Å². The number of carbonyl (C=O) groups excluding carboxylic acids is 1. The SMILES string of the molecule is O=C(NCc1ccc(Br)cc1)Nc1cncc(C(=O)O)c1. The fourth-order valence-electron chi connectivity index (χ4n) is 1.59. The number of carbonyl (C=O) groups is 2. The van der Waals surface area contributed by atoms with Crippen LogP contribution < -0.4 is 10.6 Å². The van der Waals surface area contributed by atoms with Crippen molar-refractivity contribution in [2.24, 2.45) is 0 Å². The van der Waals surface area contributed by atoms with E-state index in [1.54, 1.807) is 0 Å². The summed E-state index contributed by atoms with van der Waals surface area (Å²) in [6.45, 7) is 0.366. The summed E-state index contributed by atoms with van der Waals surface area (Å²) in [4.78, 5) is 26.3. The molecule has 0 saturated carbocycles. The monoisotopic (exact) mass is 349 g/mol. The molecule has 1 aromatic carbocycles. The van der Waals surface area contributed by atoms with E-state index in [1.807, 2.05) is 24.3 Å². The van der Waals surface area contributed by atoms with E-state index in [4.69, 9.17) is 5.11 Å². The summed E-state index contributed by atoms with van der Waals surface area (Å²) in [6, 6.07) is 8.45. The number of aromatic carboxylic acids is 1. The average molecular weight is 350 g/mol. The van der Waals surface area contributed by atoms with Gasteiger partial charge in [0.2, 0.25) is 0 Å². The van der Waals surface area contributed by atoms with E-state index in [0.29, 0.717) is 12.2 Å². The molecule has 0 atom stereocenters. The minimum Gasteiger partial charge on any atom is -0.478 e. The third kappa shape index (κ3) is 4.57. The Morgan fingerprint density at radius 2 is 1.90 bits per heavy atom. The van der Waals surface area contributed by atoms with E-state index in [-0.39, 0.29) is 5.56 Å². The van der Waals surface area contributed by atoms with Crippen LogP contribution in [0.25, 0.3) is 0 Å². The molecule has 0 spiro atoms. The van der Waals surface area contributed by atoms with Gasteiger partial charge in [-0.2, -0.15) is 0 Å². The summed E-state index contributed by atoms with van der Waals surface area (Å²) in [7, 11) is 0. The van der Waals surface area contributed by atoms with Crippen LogP contribution in [0.1, 0.15) is 15.9 Å². The topological polar surface area (TPSA) is 91.3 Å². The molecule has 3 N–H and O–H groups in total. The molecule has 0 unspecified atom stereocenters. The molecule has 6 nitrogen and oxygen atoms in total. The van der Waals surface area contributed by atoms with Crippen molar-refractivity contribution in [1.29, 1.82) is 0 Å². The fourth-order valence-corrected chi connectivity index (χ4v) is 1.85. The molecule has 2 amide bonds.